The molecule has 12 nitrogen and oxygen atoms in total. The van der Waals surface area contributed by atoms with Gasteiger partial charge in [0, 0.05) is 17.4 Å². The minimum absolute atomic E-state index is 0.0266. The molecule has 0 saturated carbocycles. The lowest BCUT2D eigenvalue weighted by Crippen LogP contribution is -2.71. The van der Waals surface area contributed by atoms with Gasteiger partial charge in [0.1, 0.15) is 41.2 Å². The Morgan fingerprint density at radius 3 is 2.97 bits per heavy atom. The van der Waals surface area contributed by atoms with E-state index in [1.807, 2.05) is 0 Å². The average Bonchev–Trinajstić information content (AvgIpc) is 3.21. The third-order valence-electron chi connectivity index (χ3n) is 4.89. The first kappa shape index (κ1) is 22.6. The van der Waals surface area contributed by atoms with Crippen LogP contribution in [0.25, 0.3) is 0 Å². The van der Waals surface area contributed by atoms with Crippen LogP contribution in [0.5, 0.6) is 0 Å². The van der Waals surface area contributed by atoms with Gasteiger partial charge in [-0.25, -0.2) is 4.79 Å². The standard InChI is InChI=1S/C19H17ClN6O6S/c1-31-24-12(11-7-32-19(21)22-11)15(27)23-13-16(28)26-14(18(29)30)9(8-33-17(13)26)5-25-4-2-3-10(20)6-25/h2-4,6-7,13,17H,5,8H2,1H3,(H3-,21,22,23,27,29,30)/p+1/b24-12-/t13-,17-/m1/s1. The molecule has 0 radical (unpaired) electrons. The van der Waals surface area contributed by atoms with Gasteiger partial charge in [0.25, 0.3) is 17.8 Å². The third kappa shape index (κ3) is 4.36. The van der Waals surface area contributed by atoms with E-state index in [-0.39, 0.29) is 29.7 Å². The highest BCUT2D eigenvalue weighted by Crippen LogP contribution is 2.40. The van der Waals surface area contributed by atoms with Crippen molar-refractivity contribution in [2.24, 2.45) is 5.16 Å². The third-order valence-corrected chi connectivity index (χ3v) is 6.46. The second-order valence-electron chi connectivity index (χ2n) is 7.01. The maximum atomic E-state index is 12.9. The van der Waals surface area contributed by atoms with Gasteiger partial charge in [0.15, 0.2) is 24.7 Å². The van der Waals surface area contributed by atoms with E-state index in [0.29, 0.717) is 16.3 Å². The highest BCUT2D eigenvalue weighted by Gasteiger charge is 2.54. The molecule has 172 valence electrons. The first-order valence-electron chi connectivity index (χ1n) is 9.48. The first-order chi connectivity index (χ1) is 15.8. The number of nitrogens with zero attached hydrogens (tertiary/aromatic N) is 4. The Balaban J connectivity index is 1.54. The molecule has 0 bridgehead atoms. The smallest absolute Gasteiger partial charge is 0.352 e. The van der Waals surface area contributed by atoms with Gasteiger partial charge in [-0.15, -0.1) is 11.8 Å². The second-order valence-corrected chi connectivity index (χ2v) is 8.55. The van der Waals surface area contributed by atoms with Crippen molar-refractivity contribution < 1.29 is 33.3 Å². The summed E-state index contributed by atoms with van der Waals surface area (Å²) >= 11 is 7.35. The van der Waals surface area contributed by atoms with Crippen LogP contribution in [0.2, 0.25) is 5.02 Å². The van der Waals surface area contributed by atoms with Crippen LogP contribution in [-0.2, 0) is 25.8 Å². The first-order valence-corrected chi connectivity index (χ1v) is 10.9. The lowest BCUT2D eigenvalue weighted by molar-refractivity contribution is -0.689. The van der Waals surface area contributed by atoms with Crippen LogP contribution >= 0.6 is 23.4 Å². The highest BCUT2D eigenvalue weighted by atomic mass is 35.5. The van der Waals surface area contributed by atoms with E-state index in [4.69, 9.17) is 26.6 Å². The van der Waals surface area contributed by atoms with E-state index in [9.17, 15) is 19.5 Å². The van der Waals surface area contributed by atoms with Crippen molar-refractivity contribution in [2.45, 2.75) is 18.0 Å². The number of fused-ring (bicyclic) bond motifs is 1. The summed E-state index contributed by atoms with van der Waals surface area (Å²) in [7, 11) is 1.24. The number of oxazole rings is 1. The van der Waals surface area contributed by atoms with Crippen LogP contribution in [0.4, 0.5) is 6.01 Å². The van der Waals surface area contributed by atoms with E-state index in [1.165, 1.54) is 23.8 Å². The zero-order valence-corrected chi connectivity index (χ0v) is 18.7. The lowest BCUT2D eigenvalue weighted by atomic mass is 10.0. The number of halogens is 1. The van der Waals surface area contributed by atoms with Crippen LogP contribution in [0.15, 0.2) is 51.6 Å². The predicted molar refractivity (Wildman–Crippen MR) is 116 cm³/mol. The Kier molecular flexibility index (Phi) is 6.24. The van der Waals surface area contributed by atoms with Gasteiger partial charge in [0.05, 0.1) is 0 Å². The summed E-state index contributed by atoms with van der Waals surface area (Å²) in [5.74, 6) is -2.18. The summed E-state index contributed by atoms with van der Waals surface area (Å²) in [5.41, 5.74) is 5.68. The fourth-order valence-electron chi connectivity index (χ4n) is 3.52. The van der Waals surface area contributed by atoms with Crippen molar-refractivity contribution in [2.75, 3.05) is 18.6 Å². The molecule has 0 unspecified atom stereocenters. The number of rotatable bonds is 7. The molecule has 14 heteroatoms. The number of hydrogen-bond acceptors (Lipinski definition) is 9. The number of carboxylic acids is 1. The van der Waals surface area contributed by atoms with Gasteiger partial charge in [-0.05, 0) is 6.07 Å². The van der Waals surface area contributed by atoms with Crippen molar-refractivity contribution >= 4 is 52.9 Å². The summed E-state index contributed by atoms with van der Waals surface area (Å²) < 4.78 is 6.63. The molecule has 4 heterocycles. The van der Waals surface area contributed by atoms with Crippen LogP contribution < -0.4 is 15.6 Å². The SMILES string of the molecule is CO/N=C(\C(=O)N[C@@H]1C(=O)N2C(C(=O)O)=C(C[n+]3cccc(Cl)c3)CS[C@H]12)c1coc(N)n1. The van der Waals surface area contributed by atoms with E-state index >= 15 is 0 Å². The molecule has 2 aliphatic rings. The molecule has 1 fully saturated rings. The number of amides is 2. The molecule has 2 aliphatic heterocycles. The van der Waals surface area contributed by atoms with Gasteiger partial charge in [-0.2, -0.15) is 9.55 Å². The van der Waals surface area contributed by atoms with E-state index in [2.05, 4.69) is 15.5 Å². The molecule has 2 atom stereocenters. The minimum Gasteiger partial charge on any atom is -0.477 e. The number of nitrogens with one attached hydrogen (secondary N) is 1. The number of β-lactam (4-membered cyclic amide) rings is 1. The van der Waals surface area contributed by atoms with E-state index in [0.717, 1.165) is 6.26 Å². The lowest BCUT2D eigenvalue weighted by Gasteiger charge is -2.49. The number of anilines is 1. The van der Waals surface area contributed by atoms with Crippen molar-refractivity contribution in [3.8, 4) is 0 Å². The van der Waals surface area contributed by atoms with Crippen molar-refractivity contribution in [1.29, 1.82) is 0 Å². The number of aromatic nitrogens is 2. The zero-order valence-electron chi connectivity index (χ0n) is 17.1. The number of nitrogens with two attached hydrogens (primary N) is 1. The summed E-state index contributed by atoms with van der Waals surface area (Å²) in [6, 6.07) is 2.32. The quantitative estimate of drug-likeness (QED) is 0.208. The minimum atomic E-state index is -1.23. The molecule has 2 amide bonds. The Hall–Kier alpha value is -3.58. The number of pyridine rings is 1. The van der Waals surface area contributed by atoms with Crippen molar-refractivity contribution in [3.63, 3.8) is 0 Å². The summed E-state index contributed by atoms with van der Waals surface area (Å²) in [6.07, 6.45) is 4.55. The van der Waals surface area contributed by atoms with Crippen molar-refractivity contribution in [3.05, 3.63) is 52.8 Å². The van der Waals surface area contributed by atoms with Gasteiger partial charge >= 0.3 is 5.97 Å². The number of hydrogen-bond donors (Lipinski definition) is 3. The Morgan fingerprint density at radius 2 is 2.33 bits per heavy atom. The van der Waals surface area contributed by atoms with Gasteiger partial charge in [-0.1, -0.05) is 16.8 Å². The molecular formula is C19H18ClN6O6S+. The van der Waals surface area contributed by atoms with Crippen LogP contribution in [-0.4, -0.2) is 62.8 Å². The largest absolute Gasteiger partial charge is 0.477 e. The fourth-order valence-corrected chi connectivity index (χ4v) is 5.05. The number of carbonyl (C=O) groups is 3. The molecule has 2 aromatic heterocycles. The maximum Gasteiger partial charge on any atom is 0.352 e. The molecule has 33 heavy (non-hydrogen) atoms. The van der Waals surface area contributed by atoms with Crippen LogP contribution in [0.3, 0.4) is 0 Å². The second kappa shape index (κ2) is 9.11. The monoisotopic (exact) mass is 493 g/mol. The summed E-state index contributed by atoms with van der Waals surface area (Å²) in [5, 5.41) is 15.9. The number of carbonyl (C=O) groups excluding carboxylic acids is 2. The van der Waals surface area contributed by atoms with Gasteiger partial charge < -0.3 is 25.4 Å². The molecule has 1 saturated heterocycles. The Bertz CT molecular complexity index is 1200. The van der Waals surface area contributed by atoms with Gasteiger partial charge in [0.2, 0.25) is 0 Å². The summed E-state index contributed by atoms with van der Waals surface area (Å²) in [4.78, 5) is 47.3. The number of aliphatic carboxylic acids is 1. The molecular weight excluding hydrogens is 476 g/mol. The molecule has 0 spiro atoms. The number of nitrogen functional groups attached to an aromatic ring is 1. The van der Waals surface area contributed by atoms with E-state index < -0.39 is 29.2 Å². The average molecular weight is 494 g/mol. The molecule has 0 aromatic carbocycles. The zero-order chi connectivity index (χ0) is 23.7. The Labute approximate surface area is 196 Å². The van der Waals surface area contributed by atoms with Crippen molar-refractivity contribution in [1.82, 2.24) is 15.2 Å². The topological polar surface area (TPSA) is 164 Å². The normalized spacial score (nSPS) is 20.2. The molecule has 2 aromatic rings. The molecule has 4 rings (SSSR count). The van der Waals surface area contributed by atoms with E-state index in [1.54, 1.807) is 29.1 Å². The summed E-state index contributed by atoms with van der Waals surface area (Å²) in [6.45, 7) is 0.251. The number of carboxylic acid groups (broad SMARTS) is 1. The number of thioether (sulfide) groups is 1. The fraction of sp³-hybridized carbons (Fsp3) is 0.263. The Morgan fingerprint density at radius 1 is 1.55 bits per heavy atom. The maximum absolute atomic E-state index is 12.9. The van der Waals surface area contributed by atoms with Crippen LogP contribution in [0.1, 0.15) is 5.69 Å². The number of oxime groups is 1. The highest BCUT2D eigenvalue weighted by molar-refractivity contribution is 8.00. The van der Waals surface area contributed by atoms with Gasteiger partial charge in [-0.3, -0.25) is 14.5 Å². The predicted octanol–water partition coefficient (Wildman–Crippen LogP) is -0.0130. The van der Waals surface area contributed by atoms with Crippen LogP contribution in [0, 0.1) is 0 Å². The molecule has 4 N–H and O–H groups in total. The molecule has 0 aliphatic carbocycles.